The fourth-order valence-corrected chi connectivity index (χ4v) is 2.98. The Balaban J connectivity index is 2.16. The molecule has 0 bridgehead atoms. The molecule has 1 atom stereocenters. The molecule has 2 heteroatoms. The van der Waals surface area contributed by atoms with E-state index in [1.165, 1.54) is 23.3 Å². The highest BCUT2D eigenvalue weighted by atomic mass is 32.2. The monoisotopic (exact) mass is 194 g/mol. The Kier molecular flexibility index (Phi) is 2.49. The summed E-state index contributed by atoms with van der Waals surface area (Å²) in [7, 11) is 0. The van der Waals surface area contributed by atoms with Gasteiger partial charge in [-0.1, -0.05) is 13.0 Å². The second kappa shape index (κ2) is 3.62. The quantitative estimate of drug-likeness (QED) is 0.781. The van der Waals surface area contributed by atoms with Gasteiger partial charge in [0.15, 0.2) is 0 Å². The van der Waals surface area contributed by atoms with E-state index in [0.717, 1.165) is 11.7 Å². The third kappa shape index (κ3) is 1.83. The van der Waals surface area contributed by atoms with Crippen molar-refractivity contribution in [3.63, 3.8) is 0 Å². The Labute approximate surface area is 83.2 Å². The maximum atomic E-state index is 9.31. The topological polar surface area (TPSA) is 20.2 Å². The van der Waals surface area contributed by atoms with E-state index < -0.39 is 0 Å². The van der Waals surface area contributed by atoms with Gasteiger partial charge in [0, 0.05) is 5.25 Å². The molecule has 1 nitrogen and oxygen atoms in total. The maximum Gasteiger partial charge on any atom is 0.115 e. The molecule has 0 saturated carbocycles. The molecule has 1 unspecified atom stereocenters. The van der Waals surface area contributed by atoms with Gasteiger partial charge in [-0.15, -0.1) is 0 Å². The number of thioether (sulfide) groups is 1. The van der Waals surface area contributed by atoms with Crippen molar-refractivity contribution in [2.45, 2.75) is 25.0 Å². The van der Waals surface area contributed by atoms with Crippen molar-refractivity contribution >= 4 is 11.8 Å². The summed E-state index contributed by atoms with van der Waals surface area (Å²) in [5.74, 6) is 1.59. The first-order valence-electron chi connectivity index (χ1n) is 4.72. The van der Waals surface area contributed by atoms with Crippen molar-refractivity contribution in [2.24, 2.45) is 0 Å². The number of phenols is 1. The van der Waals surface area contributed by atoms with Crippen LogP contribution in [0.1, 0.15) is 18.1 Å². The summed E-state index contributed by atoms with van der Waals surface area (Å²) >= 11 is 2.02. The number of fused-ring (bicyclic) bond motifs is 1. The van der Waals surface area contributed by atoms with Crippen LogP contribution in [0.4, 0.5) is 0 Å². The van der Waals surface area contributed by atoms with Crippen molar-refractivity contribution in [1.29, 1.82) is 0 Å². The van der Waals surface area contributed by atoms with Gasteiger partial charge in [-0.2, -0.15) is 11.8 Å². The molecule has 1 aliphatic carbocycles. The van der Waals surface area contributed by atoms with Crippen molar-refractivity contribution in [2.75, 3.05) is 5.75 Å². The molecular formula is C11H14OS. The minimum atomic E-state index is 0.404. The zero-order chi connectivity index (χ0) is 9.26. The smallest absolute Gasteiger partial charge is 0.115 e. The lowest BCUT2D eigenvalue weighted by molar-refractivity contribution is 0.474. The number of phenolic OH excluding ortho intramolecular Hbond substituents is 1. The SMILES string of the molecule is CCSC1Cc2ccc(O)cc2C1. The molecule has 0 aliphatic heterocycles. The lowest BCUT2D eigenvalue weighted by atomic mass is 10.1. The molecule has 0 radical (unpaired) electrons. The largest absolute Gasteiger partial charge is 0.508 e. The summed E-state index contributed by atoms with van der Waals surface area (Å²) in [5.41, 5.74) is 2.76. The lowest BCUT2D eigenvalue weighted by Gasteiger charge is -2.04. The van der Waals surface area contributed by atoms with Crippen molar-refractivity contribution in [3.8, 4) is 5.75 Å². The zero-order valence-corrected chi connectivity index (χ0v) is 8.60. The van der Waals surface area contributed by atoms with Crippen LogP contribution in [-0.2, 0) is 12.8 Å². The van der Waals surface area contributed by atoms with Gasteiger partial charge in [0.1, 0.15) is 5.75 Å². The summed E-state index contributed by atoms with van der Waals surface area (Å²) in [5, 5.41) is 10.0. The second-order valence-corrected chi connectivity index (χ2v) is 5.02. The fourth-order valence-electron chi connectivity index (χ4n) is 1.92. The van der Waals surface area contributed by atoms with Gasteiger partial charge in [-0.25, -0.2) is 0 Å². The second-order valence-electron chi connectivity index (χ2n) is 3.44. The standard InChI is InChI=1S/C11H14OS/c1-2-13-11-6-8-3-4-10(12)5-9(8)7-11/h3-5,11-12H,2,6-7H2,1H3. The summed E-state index contributed by atoms with van der Waals surface area (Å²) in [6.45, 7) is 2.20. The van der Waals surface area contributed by atoms with Crippen LogP contribution in [0.5, 0.6) is 5.75 Å². The molecule has 1 aliphatic rings. The third-order valence-electron chi connectivity index (χ3n) is 2.49. The van der Waals surface area contributed by atoms with Crippen molar-refractivity contribution in [3.05, 3.63) is 29.3 Å². The molecular weight excluding hydrogens is 180 g/mol. The number of rotatable bonds is 2. The number of benzene rings is 1. The molecule has 1 N–H and O–H groups in total. The first-order chi connectivity index (χ1) is 6.29. The van der Waals surface area contributed by atoms with Crippen LogP contribution in [0.2, 0.25) is 0 Å². The normalized spacial score (nSPS) is 20.2. The number of aromatic hydroxyl groups is 1. The van der Waals surface area contributed by atoms with Gasteiger partial charge in [-0.3, -0.25) is 0 Å². The van der Waals surface area contributed by atoms with E-state index in [1.54, 1.807) is 6.07 Å². The van der Waals surface area contributed by atoms with E-state index in [9.17, 15) is 5.11 Å². The molecule has 1 aromatic rings. The molecule has 1 aromatic carbocycles. The molecule has 13 heavy (non-hydrogen) atoms. The van der Waals surface area contributed by atoms with Crippen LogP contribution in [0.15, 0.2) is 18.2 Å². The summed E-state index contributed by atoms with van der Waals surface area (Å²) in [6, 6.07) is 5.75. The van der Waals surface area contributed by atoms with Crippen LogP contribution < -0.4 is 0 Å². The Hall–Kier alpha value is -0.630. The van der Waals surface area contributed by atoms with Crippen LogP contribution in [-0.4, -0.2) is 16.1 Å². The lowest BCUT2D eigenvalue weighted by Crippen LogP contribution is -2.00. The summed E-state index contributed by atoms with van der Waals surface area (Å²) in [6.07, 6.45) is 2.30. The fraction of sp³-hybridized carbons (Fsp3) is 0.455. The first kappa shape index (κ1) is 8.95. The van der Waals surface area contributed by atoms with Crippen LogP contribution in [0, 0.1) is 0 Å². The molecule has 0 heterocycles. The van der Waals surface area contributed by atoms with Crippen molar-refractivity contribution < 1.29 is 5.11 Å². The third-order valence-corrected chi connectivity index (χ3v) is 3.63. The number of hydrogen-bond acceptors (Lipinski definition) is 2. The average Bonchev–Trinajstić information content (AvgIpc) is 2.46. The van der Waals surface area contributed by atoms with Crippen LogP contribution in [0.25, 0.3) is 0 Å². The molecule has 0 amide bonds. The predicted molar refractivity (Wildman–Crippen MR) is 57.4 cm³/mol. The Morgan fingerprint density at radius 2 is 2.15 bits per heavy atom. The molecule has 0 spiro atoms. The van der Waals surface area contributed by atoms with Gasteiger partial charge >= 0.3 is 0 Å². The molecule has 0 aromatic heterocycles. The van der Waals surface area contributed by atoms with Gasteiger partial charge in [0.2, 0.25) is 0 Å². The van der Waals surface area contributed by atoms with E-state index in [4.69, 9.17) is 0 Å². The minimum absolute atomic E-state index is 0.404. The Morgan fingerprint density at radius 3 is 2.92 bits per heavy atom. The highest BCUT2D eigenvalue weighted by Gasteiger charge is 2.20. The molecule has 2 rings (SSSR count). The highest BCUT2D eigenvalue weighted by Crippen LogP contribution is 2.31. The predicted octanol–water partition coefficient (Wildman–Crippen LogP) is 2.61. The minimum Gasteiger partial charge on any atom is -0.508 e. The van der Waals surface area contributed by atoms with E-state index in [0.29, 0.717) is 5.75 Å². The summed E-state index contributed by atoms with van der Waals surface area (Å²) < 4.78 is 0. The van der Waals surface area contributed by atoms with Gasteiger partial charge in [0.25, 0.3) is 0 Å². The summed E-state index contributed by atoms with van der Waals surface area (Å²) in [4.78, 5) is 0. The maximum absolute atomic E-state index is 9.31. The van der Waals surface area contributed by atoms with E-state index in [2.05, 4.69) is 13.0 Å². The van der Waals surface area contributed by atoms with Gasteiger partial charge in [-0.05, 0) is 41.9 Å². The van der Waals surface area contributed by atoms with Crippen LogP contribution >= 0.6 is 11.8 Å². The average molecular weight is 194 g/mol. The van der Waals surface area contributed by atoms with Gasteiger partial charge in [0.05, 0.1) is 0 Å². The Morgan fingerprint density at radius 1 is 1.38 bits per heavy atom. The first-order valence-corrected chi connectivity index (χ1v) is 5.77. The zero-order valence-electron chi connectivity index (χ0n) is 7.79. The van der Waals surface area contributed by atoms with Crippen LogP contribution in [0.3, 0.4) is 0 Å². The van der Waals surface area contributed by atoms with E-state index in [1.807, 2.05) is 17.8 Å². The molecule has 0 fully saturated rings. The molecule has 70 valence electrons. The van der Waals surface area contributed by atoms with E-state index in [-0.39, 0.29) is 0 Å². The highest BCUT2D eigenvalue weighted by molar-refractivity contribution is 7.99. The van der Waals surface area contributed by atoms with E-state index >= 15 is 0 Å². The van der Waals surface area contributed by atoms with Crippen molar-refractivity contribution in [1.82, 2.24) is 0 Å². The molecule has 0 saturated heterocycles. The number of hydrogen-bond donors (Lipinski definition) is 1. The Bertz CT molecular complexity index is 309. The van der Waals surface area contributed by atoms with Gasteiger partial charge < -0.3 is 5.11 Å².